The predicted molar refractivity (Wildman–Crippen MR) is 112 cm³/mol. The van der Waals surface area contributed by atoms with Crippen LogP contribution >= 0.6 is 0 Å². The van der Waals surface area contributed by atoms with Gasteiger partial charge in [-0.25, -0.2) is 17.9 Å². The van der Waals surface area contributed by atoms with E-state index in [0.717, 1.165) is 22.9 Å². The summed E-state index contributed by atoms with van der Waals surface area (Å²) in [7, 11) is -3.35. The minimum absolute atomic E-state index is 0.149. The van der Waals surface area contributed by atoms with Gasteiger partial charge in [-0.3, -0.25) is 0 Å². The Balaban J connectivity index is 1.85. The number of nitrogens with one attached hydrogen (secondary N) is 2. The zero-order valence-electron chi connectivity index (χ0n) is 16.3. The van der Waals surface area contributed by atoms with Crippen LogP contribution in [-0.2, 0) is 16.4 Å². The van der Waals surface area contributed by atoms with E-state index in [0.29, 0.717) is 25.9 Å². The summed E-state index contributed by atoms with van der Waals surface area (Å²) in [5, 5.41) is 2.83. The monoisotopic (exact) mass is 401 g/mol. The number of urea groups is 1. The summed E-state index contributed by atoms with van der Waals surface area (Å²) >= 11 is 0. The molecule has 3 rings (SSSR count). The molecule has 1 heterocycles. The topological polar surface area (TPSA) is 78.5 Å². The Morgan fingerprint density at radius 2 is 1.82 bits per heavy atom. The molecule has 1 saturated heterocycles. The van der Waals surface area contributed by atoms with Crippen LogP contribution in [0.4, 0.5) is 4.79 Å². The van der Waals surface area contributed by atoms with Crippen molar-refractivity contribution in [3.05, 3.63) is 60.2 Å². The average molecular weight is 402 g/mol. The summed E-state index contributed by atoms with van der Waals surface area (Å²) in [5.41, 5.74) is 3.30. The van der Waals surface area contributed by atoms with Crippen molar-refractivity contribution in [3.8, 4) is 11.1 Å². The molecule has 0 aromatic heterocycles. The third kappa shape index (κ3) is 5.11. The molecule has 2 aromatic carbocycles. The van der Waals surface area contributed by atoms with Crippen molar-refractivity contribution >= 4 is 16.1 Å². The van der Waals surface area contributed by atoms with Crippen LogP contribution < -0.4 is 10.0 Å². The van der Waals surface area contributed by atoms with Gasteiger partial charge in [0, 0.05) is 19.1 Å². The second-order valence-corrected chi connectivity index (χ2v) is 8.93. The molecule has 2 N–H and O–H groups in total. The van der Waals surface area contributed by atoms with E-state index in [2.05, 4.69) is 34.3 Å². The van der Waals surface area contributed by atoms with E-state index in [1.54, 1.807) is 4.90 Å². The molecule has 0 radical (unpaired) electrons. The zero-order chi connectivity index (χ0) is 20.1. The molecule has 1 aliphatic rings. The van der Waals surface area contributed by atoms with Crippen molar-refractivity contribution in [2.45, 2.75) is 31.8 Å². The molecule has 28 heavy (non-hydrogen) atoms. The summed E-state index contributed by atoms with van der Waals surface area (Å²) in [5.74, 6) is 0. The summed E-state index contributed by atoms with van der Waals surface area (Å²) < 4.78 is 26.3. The van der Waals surface area contributed by atoms with Gasteiger partial charge >= 0.3 is 6.03 Å². The van der Waals surface area contributed by atoms with Crippen molar-refractivity contribution in [1.82, 2.24) is 14.9 Å². The van der Waals surface area contributed by atoms with E-state index in [4.69, 9.17) is 0 Å². The smallest absolute Gasteiger partial charge is 0.317 e. The molecular formula is C21H27N3O3S. The molecule has 0 bridgehead atoms. The minimum Gasteiger partial charge on any atom is -0.338 e. The molecule has 2 unspecified atom stereocenters. The van der Waals surface area contributed by atoms with Crippen LogP contribution in [0.5, 0.6) is 0 Å². The first kappa shape index (κ1) is 20.4. The molecule has 7 heteroatoms. The number of carbonyl (C=O) groups is 1. The van der Waals surface area contributed by atoms with Gasteiger partial charge in [-0.05, 0) is 36.5 Å². The average Bonchev–Trinajstić information content (AvgIpc) is 3.03. The van der Waals surface area contributed by atoms with Gasteiger partial charge in [-0.15, -0.1) is 0 Å². The van der Waals surface area contributed by atoms with Gasteiger partial charge in [0.25, 0.3) is 0 Å². The van der Waals surface area contributed by atoms with Crippen LogP contribution in [0.3, 0.4) is 0 Å². The zero-order valence-corrected chi connectivity index (χ0v) is 17.1. The lowest BCUT2D eigenvalue weighted by molar-refractivity contribution is 0.189. The first-order valence-corrected chi connectivity index (χ1v) is 11.4. The Hall–Kier alpha value is -2.38. The first-order chi connectivity index (χ1) is 13.4. The van der Waals surface area contributed by atoms with Crippen molar-refractivity contribution in [2.24, 2.45) is 0 Å². The first-order valence-electron chi connectivity index (χ1n) is 9.53. The molecule has 150 valence electrons. The number of amides is 2. The van der Waals surface area contributed by atoms with Crippen molar-refractivity contribution in [2.75, 3.05) is 19.3 Å². The lowest BCUT2D eigenvalue weighted by Crippen LogP contribution is -2.50. The third-order valence-corrected chi connectivity index (χ3v) is 5.71. The highest BCUT2D eigenvalue weighted by atomic mass is 32.2. The number of likely N-dealkylation sites (tertiary alicyclic amines) is 1. The Kier molecular flexibility index (Phi) is 6.36. The van der Waals surface area contributed by atoms with E-state index in [9.17, 15) is 13.2 Å². The second-order valence-electron chi connectivity index (χ2n) is 7.15. The Morgan fingerprint density at radius 1 is 1.11 bits per heavy atom. The number of hydrogen-bond acceptors (Lipinski definition) is 3. The Bertz CT molecular complexity index is 916. The Morgan fingerprint density at radius 3 is 2.50 bits per heavy atom. The maximum Gasteiger partial charge on any atom is 0.317 e. The van der Waals surface area contributed by atoms with Gasteiger partial charge in [0.05, 0.1) is 12.3 Å². The van der Waals surface area contributed by atoms with Gasteiger partial charge < -0.3 is 10.2 Å². The molecule has 6 nitrogen and oxygen atoms in total. The predicted octanol–water partition coefficient (Wildman–Crippen LogP) is 2.62. The summed E-state index contributed by atoms with van der Waals surface area (Å²) in [6.07, 6.45) is 2.35. The normalized spacial score (nSPS) is 19.6. The molecule has 0 saturated carbocycles. The van der Waals surface area contributed by atoms with Crippen LogP contribution in [0.2, 0.25) is 0 Å². The molecule has 0 spiro atoms. The van der Waals surface area contributed by atoms with Crippen LogP contribution in [-0.4, -0.2) is 50.8 Å². The highest BCUT2D eigenvalue weighted by Crippen LogP contribution is 2.25. The van der Waals surface area contributed by atoms with Crippen LogP contribution in [0.15, 0.2) is 54.6 Å². The molecule has 2 aromatic rings. The highest BCUT2D eigenvalue weighted by molar-refractivity contribution is 7.88. The maximum absolute atomic E-state index is 12.5. The number of nitrogens with zero attached hydrogens (tertiary/aromatic N) is 1. The molecule has 2 atom stereocenters. The lowest BCUT2D eigenvalue weighted by atomic mass is 9.97. The fraction of sp³-hybridized carbons (Fsp3) is 0.381. The standard InChI is InChI=1S/C21H27N3O3S/c1-3-22-21(25)24-13-12-19(23-28(2,26)27)20(24)15-16-8-7-11-18(14-16)17-9-5-4-6-10-17/h4-11,14,19-20,23H,3,12-13,15H2,1-2H3,(H,22,25). The quantitative estimate of drug-likeness (QED) is 0.781. The van der Waals surface area contributed by atoms with E-state index in [1.807, 2.05) is 37.3 Å². The number of rotatable bonds is 6. The third-order valence-electron chi connectivity index (χ3n) is 4.98. The highest BCUT2D eigenvalue weighted by Gasteiger charge is 2.38. The minimum atomic E-state index is -3.35. The second kappa shape index (κ2) is 8.75. The Labute approximate surface area is 167 Å². The van der Waals surface area contributed by atoms with Gasteiger partial charge in [-0.2, -0.15) is 0 Å². The van der Waals surface area contributed by atoms with Crippen LogP contribution in [0.25, 0.3) is 11.1 Å². The lowest BCUT2D eigenvalue weighted by Gasteiger charge is -2.28. The number of benzene rings is 2. The van der Waals surface area contributed by atoms with E-state index in [-0.39, 0.29) is 18.1 Å². The van der Waals surface area contributed by atoms with Crippen LogP contribution in [0, 0.1) is 0 Å². The van der Waals surface area contributed by atoms with Crippen molar-refractivity contribution in [1.29, 1.82) is 0 Å². The number of carbonyl (C=O) groups excluding carboxylic acids is 1. The van der Waals surface area contributed by atoms with Crippen molar-refractivity contribution < 1.29 is 13.2 Å². The van der Waals surface area contributed by atoms with Gasteiger partial charge in [0.1, 0.15) is 0 Å². The number of hydrogen-bond donors (Lipinski definition) is 2. The molecule has 0 aliphatic carbocycles. The summed E-state index contributed by atoms with van der Waals surface area (Å²) in [6, 6.07) is 17.6. The van der Waals surface area contributed by atoms with Crippen LogP contribution in [0.1, 0.15) is 18.9 Å². The van der Waals surface area contributed by atoms with Gasteiger partial charge in [-0.1, -0.05) is 54.6 Å². The van der Waals surface area contributed by atoms with E-state index in [1.165, 1.54) is 0 Å². The molecular weight excluding hydrogens is 374 g/mol. The summed E-state index contributed by atoms with van der Waals surface area (Å²) in [4.78, 5) is 14.2. The SMILES string of the molecule is CCNC(=O)N1CCC(NS(C)(=O)=O)C1Cc1cccc(-c2ccccc2)c1. The maximum atomic E-state index is 12.5. The van der Waals surface area contributed by atoms with Crippen molar-refractivity contribution in [3.63, 3.8) is 0 Å². The van der Waals surface area contributed by atoms with Gasteiger partial charge in [0.2, 0.25) is 10.0 Å². The molecule has 1 fully saturated rings. The van der Waals surface area contributed by atoms with Gasteiger partial charge in [0.15, 0.2) is 0 Å². The summed E-state index contributed by atoms with van der Waals surface area (Å²) in [6.45, 7) is 2.94. The fourth-order valence-corrected chi connectivity index (χ4v) is 4.60. The molecule has 2 amide bonds. The van der Waals surface area contributed by atoms with E-state index < -0.39 is 10.0 Å². The number of sulfonamides is 1. The molecule has 1 aliphatic heterocycles. The van der Waals surface area contributed by atoms with E-state index >= 15 is 0 Å². The largest absolute Gasteiger partial charge is 0.338 e. The fourth-order valence-electron chi connectivity index (χ4n) is 3.77.